The average molecular weight is 580 g/mol. The van der Waals surface area contributed by atoms with Gasteiger partial charge in [-0.15, -0.1) is 0 Å². The van der Waals surface area contributed by atoms with Crippen LogP contribution in [0.15, 0.2) is 24.3 Å². The fraction of sp³-hybridized carbons (Fsp3) is 0.625. The number of amides is 3. The van der Waals surface area contributed by atoms with E-state index < -0.39 is 0 Å². The van der Waals surface area contributed by atoms with Gasteiger partial charge in [0.05, 0.1) is 17.1 Å². The fourth-order valence-corrected chi connectivity index (χ4v) is 5.51. The fourth-order valence-electron chi connectivity index (χ4n) is 5.51. The van der Waals surface area contributed by atoms with Gasteiger partial charge in [-0.05, 0) is 49.1 Å². The molecular formula is C32H49N7O3. The summed E-state index contributed by atoms with van der Waals surface area (Å²) in [5.74, 6) is -0.117. The lowest BCUT2D eigenvalue weighted by Gasteiger charge is -2.28. The molecule has 3 heterocycles. The van der Waals surface area contributed by atoms with Crippen molar-refractivity contribution in [1.29, 1.82) is 0 Å². The molecule has 0 bridgehead atoms. The summed E-state index contributed by atoms with van der Waals surface area (Å²) in [5.41, 5.74) is 3.27. The minimum atomic E-state index is -0.168. The number of aryl methyl sites for hydroxylation is 1. The highest BCUT2D eigenvalue weighted by molar-refractivity contribution is 6.00. The zero-order valence-corrected chi connectivity index (χ0v) is 26.5. The Morgan fingerprint density at radius 2 is 1.57 bits per heavy atom. The summed E-state index contributed by atoms with van der Waals surface area (Å²) in [5, 5.41) is 11.1. The van der Waals surface area contributed by atoms with Crippen LogP contribution >= 0.6 is 0 Å². The molecule has 0 unspecified atom stereocenters. The summed E-state index contributed by atoms with van der Waals surface area (Å²) in [6.45, 7) is 18.0. The van der Waals surface area contributed by atoms with E-state index in [9.17, 15) is 14.4 Å². The van der Waals surface area contributed by atoms with Crippen LogP contribution in [-0.4, -0.2) is 89.7 Å². The minimum Gasteiger partial charge on any atom is -0.368 e. The SMILES string of the molecule is Cn1nc(C(C)(C)C)cc1C(=O)N1CCCN(c2ccc(C(=O)N3CCCNCC3)cc2NC(=O)CC(C)(C)C)CC1. The van der Waals surface area contributed by atoms with E-state index in [0.717, 1.165) is 43.9 Å². The maximum Gasteiger partial charge on any atom is 0.272 e. The number of aromatic nitrogens is 2. The second-order valence-corrected chi connectivity index (χ2v) is 13.8. The van der Waals surface area contributed by atoms with Crippen molar-refractivity contribution in [2.45, 2.75) is 66.2 Å². The highest BCUT2D eigenvalue weighted by atomic mass is 16.2. The molecule has 0 radical (unpaired) electrons. The molecule has 10 heteroatoms. The van der Waals surface area contributed by atoms with Crippen molar-refractivity contribution < 1.29 is 14.4 Å². The molecule has 0 saturated carbocycles. The Morgan fingerprint density at radius 3 is 2.26 bits per heavy atom. The van der Waals surface area contributed by atoms with Crippen LogP contribution in [0, 0.1) is 5.41 Å². The number of hydrogen-bond donors (Lipinski definition) is 2. The first-order valence-corrected chi connectivity index (χ1v) is 15.3. The van der Waals surface area contributed by atoms with E-state index in [2.05, 4.69) is 41.4 Å². The van der Waals surface area contributed by atoms with Gasteiger partial charge in [0.15, 0.2) is 0 Å². The predicted molar refractivity (Wildman–Crippen MR) is 167 cm³/mol. The van der Waals surface area contributed by atoms with Gasteiger partial charge in [0.2, 0.25) is 5.91 Å². The molecule has 2 N–H and O–H groups in total. The zero-order chi connectivity index (χ0) is 30.7. The van der Waals surface area contributed by atoms with E-state index in [1.165, 1.54) is 0 Å². The molecule has 2 aromatic rings. The summed E-state index contributed by atoms with van der Waals surface area (Å²) in [4.78, 5) is 46.0. The van der Waals surface area contributed by atoms with E-state index in [1.54, 1.807) is 4.68 Å². The molecule has 1 aromatic carbocycles. The smallest absolute Gasteiger partial charge is 0.272 e. The molecular weight excluding hydrogens is 530 g/mol. The molecule has 3 amide bonds. The molecule has 42 heavy (non-hydrogen) atoms. The first-order valence-electron chi connectivity index (χ1n) is 15.3. The Labute approximate surface area is 250 Å². The van der Waals surface area contributed by atoms with E-state index in [0.29, 0.717) is 56.1 Å². The van der Waals surface area contributed by atoms with Crippen LogP contribution in [0.5, 0.6) is 0 Å². The van der Waals surface area contributed by atoms with Crippen LogP contribution in [-0.2, 0) is 17.3 Å². The van der Waals surface area contributed by atoms with Crippen LogP contribution in [0.4, 0.5) is 11.4 Å². The van der Waals surface area contributed by atoms with E-state index in [4.69, 9.17) is 0 Å². The number of nitrogens with zero attached hydrogens (tertiary/aromatic N) is 5. The molecule has 2 saturated heterocycles. The van der Waals surface area contributed by atoms with Crippen molar-refractivity contribution in [1.82, 2.24) is 24.9 Å². The summed E-state index contributed by atoms with van der Waals surface area (Å²) in [7, 11) is 1.82. The molecule has 1 aromatic heterocycles. The van der Waals surface area contributed by atoms with Crippen molar-refractivity contribution >= 4 is 29.1 Å². The van der Waals surface area contributed by atoms with Gasteiger partial charge in [-0.25, -0.2) is 0 Å². The number of rotatable bonds is 5. The third-order valence-electron chi connectivity index (χ3n) is 7.83. The van der Waals surface area contributed by atoms with Crippen LogP contribution < -0.4 is 15.5 Å². The molecule has 2 fully saturated rings. The van der Waals surface area contributed by atoms with Crippen molar-refractivity contribution in [2.75, 3.05) is 62.6 Å². The van der Waals surface area contributed by atoms with Crippen LogP contribution in [0.25, 0.3) is 0 Å². The first-order chi connectivity index (χ1) is 19.7. The lowest BCUT2D eigenvalue weighted by Crippen LogP contribution is -2.36. The highest BCUT2D eigenvalue weighted by Crippen LogP contribution is 2.31. The maximum absolute atomic E-state index is 13.5. The van der Waals surface area contributed by atoms with Crippen LogP contribution in [0.1, 0.15) is 87.3 Å². The van der Waals surface area contributed by atoms with E-state index in [-0.39, 0.29) is 28.6 Å². The first kappa shape index (κ1) is 31.5. The molecule has 2 aliphatic rings. The number of anilines is 2. The Bertz CT molecular complexity index is 1280. The predicted octanol–water partition coefficient (Wildman–Crippen LogP) is 3.88. The molecule has 4 rings (SSSR count). The van der Waals surface area contributed by atoms with Gasteiger partial charge in [-0.2, -0.15) is 5.10 Å². The zero-order valence-electron chi connectivity index (χ0n) is 26.5. The third-order valence-corrected chi connectivity index (χ3v) is 7.83. The summed E-state index contributed by atoms with van der Waals surface area (Å²) in [6.07, 6.45) is 2.07. The summed E-state index contributed by atoms with van der Waals surface area (Å²) >= 11 is 0. The number of carbonyl (C=O) groups is 3. The van der Waals surface area contributed by atoms with Crippen LogP contribution in [0.2, 0.25) is 0 Å². The minimum absolute atomic E-state index is 0.0185. The Hall–Kier alpha value is -3.40. The average Bonchev–Trinajstić information content (AvgIpc) is 3.08. The molecule has 0 atom stereocenters. The second kappa shape index (κ2) is 12.9. The lowest BCUT2D eigenvalue weighted by molar-refractivity contribution is -0.117. The van der Waals surface area contributed by atoms with Crippen molar-refractivity contribution in [2.24, 2.45) is 12.5 Å². The maximum atomic E-state index is 13.5. The largest absolute Gasteiger partial charge is 0.368 e. The molecule has 2 aliphatic heterocycles. The third kappa shape index (κ3) is 7.91. The number of hydrogen-bond acceptors (Lipinski definition) is 6. The summed E-state index contributed by atoms with van der Waals surface area (Å²) in [6, 6.07) is 7.55. The quantitative estimate of drug-likeness (QED) is 0.558. The molecule has 0 spiro atoms. The van der Waals surface area contributed by atoms with Crippen molar-refractivity contribution in [3.05, 3.63) is 41.2 Å². The molecule has 10 nitrogen and oxygen atoms in total. The Kier molecular flexibility index (Phi) is 9.65. The Balaban J connectivity index is 1.55. The van der Waals surface area contributed by atoms with E-state index >= 15 is 0 Å². The standard InChI is InChI=1S/C32H49N7O3/c1-31(2,3)22-28(40)34-24-20-23(29(41)38-14-8-12-33-13-17-38)10-11-25(24)37-15-9-16-39(19-18-37)30(42)26-21-27(32(4,5)6)35-36(26)7/h10-11,20-21,33H,8-9,12-19,22H2,1-7H3,(H,34,40). The Morgan fingerprint density at radius 1 is 0.857 bits per heavy atom. The lowest BCUT2D eigenvalue weighted by atomic mass is 9.92. The normalized spacial score (nSPS) is 17.1. The van der Waals surface area contributed by atoms with Gasteiger partial charge in [-0.1, -0.05) is 41.5 Å². The van der Waals surface area contributed by atoms with Gasteiger partial charge >= 0.3 is 0 Å². The summed E-state index contributed by atoms with van der Waals surface area (Å²) < 4.78 is 1.69. The molecule has 0 aliphatic carbocycles. The van der Waals surface area contributed by atoms with Gasteiger partial charge in [0.25, 0.3) is 11.8 Å². The van der Waals surface area contributed by atoms with Gasteiger partial charge in [0.1, 0.15) is 5.69 Å². The van der Waals surface area contributed by atoms with Gasteiger partial charge in [-0.3, -0.25) is 19.1 Å². The van der Waals surface area contributed by atoms with Crippen LogP contribution in [0.3, 0.4) is 0 Å². The number of carbonyl (C=O) groups excluding carboxylic acids is 3. The number of nitrogens with one attached hydrogen (secondary N) is 2. The molecule has 230 valence electrons. The van der Waals surface area contributed by atoms with Crippen molar-refractivity contribution in [3.8, 4) is 0 Å². The van der Waals surface area contributed by atoms with Gasteiger partial charge in [0, 0.05) is 70.3 Å². The second-order valence-electron chi connectivity index (χ2n) is 13.8. The van der Waals surface area contributed by atoms with Gasteiger partial charge < -0.3 is 25.3 Å². The number of benzene rings is 1. The van der Waals surface area contributed by atoms with Crippen molar-refractivity contribution in [3.63, 3.8) is 0 Å². The van der Waals surface area contributed by atoms with E-state index in [1.807, 2.05) is 61.9 Å². The monoisotopic (exact) mass is 579 g/mol. The highest BCUT2D eigenvalue weighted by Gasteiger charge is 2.28. The topological polar surface area (TPSA) is 103 Å².